The number of nitrogens with one attached hydrogen (secondary N) is 1. The van der Waals surface area contributed by atoms with Crippen molar-refractivity contribution in [3.05, 3.63) is 70.5 Å². The predicted molar refractivity (Wildman–Crippen MR) is 103 cm³/mol. The summed E-state index contributed by atoms with van der Waals surface area (Å²) in [6.45, 7) is 0.438. The number of thioether (sulfide) groups is 1. The number of carbonyl (C=O) groups is 1. The van der Waals surface area contributed by atoms with Crippen molar-refractivity contribution in [1.29, 1.82) is 0 Å². The Kier molecular flexibility index (Phi) is 7.75. The van der Waals surface area contributed by atoms with Gasteiger partial charge in [0, 0.05) is 17.3 Å². The highest BCUT2D eigenvalue weighted by Gasteiger charge is 2.15. The fraction of sp³-hybridized carbons (Fsp3) is 0.316. The Morgan fingerprint density at radius 2 is 2.00 bits per heavy atom. The molecule has 134 valence electrons. The number of hydrogen-bond donors (Lipinski definition) is 1. The summed E-state index contributed by atoms with van der Waals surface area (Å²) in [5, 5.41) is 3.63. The van der Waals surface area contributed by atoms with Crippen LogP contribution in [-0.4, -0.2) is 37.2 Å². The summed E-state index contributed by atoms with van der Waals surface area (Å²) in [6.07, 6.45) is 0. The average molecular weight is 381 g/mol. The van der Waals surface area contributed by atoms with Gasteiger partial charge in [0.15, 0.2) is 0 Å². The number of benzene rings is 2. The highest BCUT2D eigenvalue weighted by Crippen LogP contribution is 2.19. The van der Waals surface area contributed by atoms with Gasteiger partial charge in [-0.25, -0.2) is 4.39 Å². The lowest BCUT2D eigenvalue weighted by Gasteiger charge is -2.25. The first-order valence-corrected chi connectivity index (χ1v) is 9.50. The first kappa shape index (κ1) is 19.8. The molecule has 3 nitrogen and oxygen atoms in total. The largest absolute Gasteiger partial charge is 0.353 e. The highest BCUT2D eigenvalue weighted by molar-refractivity contribution is 7.99. The summed E-state index contributed by atoms with van der Waals surface area (Å²) in [5.41, 5.74) is 1.94. The molecule has 6 heteroatoms. The van der Waals surface area contributed by atoms with Crippen LogP contribution >= 0.6 is 23.4 Å². The number of carbonyl (C=O) groups excluding carboxylic acids is 1. The van der Waals surface area contributed by atoms with Gasteiger partial charge in [-0.05, 0) is 49.5 Å². The van der Waals surface area contributed by atoms with Crippen molar-refractivity contribution in [1.82, 2.24) is 10.2 Å². The van der Waals surface area contributed by atoms with Gasteiger partial charge in [-0.1, -0.05) is 35.9 Å². The van der Waals surface area contributed by atoms with Gasteiger partial charge < -0.3 is 10.2 Å². The van der Waals surface area contributed by atoms with E-state index in [0.717, 1.165) is 16.9 Å². The quantitative estimate of drug-likeness (QED) is 0.747. The van der Waals surface area contributed by atoms with E-state index in [1.165, 1.54) is 23.9 Å². The fourth-order valence-electron chi connectivity index (χ4n) is 2.46. The Morgan fingerprint density at radius 3 is 2.68 bits per heavy atom. The lowest BCUT2D eigenvalue weighted by molar-refractivity contribution is -0.118. The fourth-order valence-corrected chi connectivity index (χ4v) is 3.48. The van der Waals surface area contributed by atoms with E-state index < -0.39 is 0 Å². The summed E-state index contributed by atoms with van der Waals surface area (Å²) >= 11 is 7.49. The molecule has 0 aromatic heterocycles. The van der Waals surface area contributed by atoms with Crippen LogP contribution in [0.2, 0.25) is 5.02 Å². The number of halogens is 2. The lowest BCUT2D eigenvalue weighted by atomic mass is 10.1. The molecule has 0 aliphatic carbocycles. The molecule has 0 heterocycles. The number of nitrogens with zero attached hydrogens (tertiary/aromatic N) is 1. The monoisotopic (exact) mass is 380 g/mol. The average Bonchev–Trinajstić information content (AvgIpc) is 2.55. The van der Waals surface area contributed by atoms with Crippen molar-refractivity contribution >= 4 is 29.3 Å². The van der Waals surface area contributed by atoms with E-state index in [1.54, 1.807) is 6.07 Å². The van der Waals surface area contributed by atoms with Crippen molar-refractivity contribution in [2.45, 2.75) is 11.8 Å². The molecule has 1 atom stereocenters. The molecule has 1 N–H and O–H groups in total. The van der Waals surface area contributed by atoms with Crippen LogP contribution in [0.3, 0.4) is 0 Å². The second kappa shape index (κ2) is 9.80. The van der Waals surface area contributed by atoms with Crippen molar-refractivity contribution in [3.63, 3.8) is 0 Å². The third-order valence-corrected chi connectivity index (χ3v) is 4.98. The maximum atomic E-state index is 13.4. The maximum absolute atomic E-state index is 13.4. The third kappa shape index (κ3) is 6.69. The Labute approximate surface area is 157 Å². The van der Waals surface area contributed by atoms with E-state index in [9.17, 15) is 9.18 Å². The first-order valence-electron chi connectivity index (χ1n) is 7.96. The summed E-state index contributed by atoms with van der Waals surface area (Å²) in [6, 6.07) is 14.0. The van der Waals surface area contributed by atoms with E-state index in [0.29, 0.717) is 17.3 Å². The van der Waals surface area contributed by atoms with E-state index in [-0.39, 0.29) is 17.8 Å². The summed E-state index contributed by atoms with van der Waals surface area (Å²) < 4.78 is 13.4. The third-order valence-electron chi connectivity index (χ3n) is 3.74. The molecule has 0 bridgehead atoms. The molecule has 2 aromatic carbocycles. The normalized spacial score (nSPS) is 12.2. The Hall–Kier alpha value is -1.56. The van der Waals surface area contributed by atoms with E-state index in [2.05, 4.69) is 5.32 Å². The smallest absolute Gasteiger partial charge is 0.230 e. The zero-order valence-corrected chi connectivity index (χ0v) is 15.9. The molecule has 0 fully saturated rings. The van der Waals surface area contributed by atoms with Crippen LogP contribution < -0.4 is 5.32 Å². The second-order valence-electron chi connectivity index (χ2n) is 5.96. The van der Waals surface area contributed by atoms with Gasteiger partial charge in [0.25, 0.3) is 0 Å². The summed E-state index contributed by atoms with van der Waals surface area (Å²) in [7, 11) is 3.82. The van der Waals surface area contributed by atoms with E-state index in [1.807, 2.05) is 49.3 Å². The molecule has 0 aliphatic rings. The zero-order valence-electron chi connectivity index (χ0n) is 14.3. The Morgan fingerprint density at radius 1 is 1.24 bits per heavy atom. The van der Waals surface area contributed by atoms with Crippen molar-refractivity contribution < 1.29 is 9.18 Å². The van der Waals surface area contributed by atoms with Crippen LogP contribution in [0.25, 0.3) is 0 Å². The van der Waals surface area contributed by atoms with Crippen LogP contribution in [0.5, 0.6) is 0 Å². The zero-order chi connectivity index (χ0) is 18.2. The molecular weight excluding hydrogens is 359 g/mol. The summed E-state index contributed by atoms with van der Waals surface area (Å²) in [4.78, 5) is 14.0. The topological polar surface area (TPSA) is 32.3 Å². The predicted octanol–water partition coefficient (Wildman–Crippen LogP) is 4.13. The van der Waals surface area contributed by atoms with Gasteiger partial charge in [0.05, 0.1) is 11.8 Å². The SMILES string of the molecule is CN(C)C(CNC(=O)CSCc1cccc(Cl)c1)c1cccc(F)c1. The molecule has 0 spiro atoms. The lowest BCUT2D eigenvalue weighted by Crippen LogP contribution is -2.35. The Balaban J connectivity index is 1.81. The molecule has 2 rings (SSSR count). The minimum Gasteiger partial charge on any atom is -0.353 e. The van der Waals surface area contributed by atoms with Crippen molar-refractivity contribution in [2.24, 2.45) is 0 Å². The van der Waals surface area contributed by atoms with Crippen LogP contribution in [0.4, 0.5) is 4.39 Å². The molecule has 0 aliphatic heterocycles. The first-order chi connectivity index (χ1) is 12.0. The molecule has 0 saturated carbocycles. The maximum Gasteiger partial charge on any atom is 0.230 e. The van der Waals surface area contributed by atoms with Crippen LogP contribution in [0.1, 0.15) is 17.2 Å². The number of amides is 1. The second-order valence-corrected chi connectivity index (χ2v) is 7.38. The van der Waals surface area contributed by atoms with Crippen molar-refractivity contribution in [2.75, 3.05) is 26.4 Å². The molecule has 2 aromatic rings. The number of hydrogen-bond acceptors (Lipinski definition) is 3. The van der Waals surface area contributed by atoms with Gasteiger partial charge in [0.1, 0.15) is 5.82 Å². The number of rotatable bonds is 8. The van der Waals surface area contributed by atoms with Crippen LogP contribution in [0.15, 0.2) is 48.5 Å². The molecular formula is C19H22ClFN2OS. The highest BCUT2D eigenvalue weighted by atomic mass is 35.5. The summed E-state index contributed by atoms with van der Waals surface area (Å²) in [5.74, 6) is 0.799. The van der Waals surface area contributed by atoms with Gasteiger partial charge in [0.2, 0.25) is 5.91 Å². The molecule has 25 heavy (non-hydrogen) atoms. The van der Waals surface area contributed by atoms with Crippen LogP contribution in [-0.2, 0) is 10.5 Å². The Bertz CT molecular complexity index is 711. The molecule has 1 unspecified atom stereocenters. The van der Waals surface area contributed by atoms with Gasteiger partial charge >= 0.3 is 0 Å². The number of likely N-dealkylation sites (N-methyl/N-ethyl adjacent to an activating group) is 1. The van der Waals surface area contributed by atoms with Gasteiger partial charge in [-0.15, -0.1) is 11.8 Å². The van der Waals surface area contributed by atoms with Gasteiger partial charge in [-0.3, -0.25) is 4.79 Å². The molecule has 0 saturated heterocycles. The van der Waals surface area contributed by atoms with E-state index in [4.69, 9.17) is 11.6 Å². The standard InChI is InChI=1S/C19H22ClFN2OS/c1-23(2)18(15-6-4-8-17(21)10-15)11-22-19(24)13-25-12-14-5-3-7-16(20)9-14/h3-10,18H,11-13H2,1-2H3,(H,22,24). The molecule has 0 radical (unpaired) electrons. The minimum absolute atomic E-state index is 0.0321. The van der Waals surface area contributed by atoms with Gasteiger partial charge in [-0.2, -0.15) is 0 Å². The molecule has 1 amide bonds. The van der Waals surface area contributed by atoms with E-state index >= 15 is 0 Å². The van der Waals surface area contributed by atoms with Crippen LogP contribution in [0, 0.1) is 5.82 Å². The minimum atomic E-state index is -0.271. The van der Waals surface area contributed by atoms with Crippen molar-refractivity contribution in [3.8, 4) is 0 Å².